The van der Waals surface area contributed by atoms with Gasteiger partial charge in [-0.2, -0.15) is 0 Å². The minimum absolute atomic E-state index is 0.00405. The van der Waals surface area contributed by atoms with Crippen molar-refractivity contribution in [2.75, 3.05) is 23.8 Å². The molecule has 8 aromatic rings. The zero-order chi connectivity index (χ0) is 58.5. The molecule has 0 saturated carbocycles. The highest BCUT2D eigenvalue weighted by Crippen LogP contribution is 2.30. The zero-order valence-corrected chi connectivity index (χ0v) is 43.3. The Hall–Kier alpha value is -11.3. The van der Waals surface area contributed by atoms with Gasteiger partial charge in [-0.15, -0.1) is 10.2 Å². The maximum atomic E-state index is 13.4. The number of carbonyl (C=O) groups excluding carboxylic acids is 8. The Morgan fingerprint density at radius 1 is 0.561 bits per heavy atom. The van der Waals surface area contributed by atoms with Crippen molar-refractivity contribution in [1.29, 1.82) is 0 Å². The third-order valence-electron chi connectivity index (χ3n) is 12.1. The van der Waals surface area contributed by atoms with Gasteiger partial charge in [0.2, 0.25) is 21.4 Å². The van der Waals surface area contributed by atoms with Crippen molar-refractivity contribution in [2.24, 2.45) is 11.5 Å². The van der Waals surface area contributed by atoms with Crippen molar-refractivity contribution in [3.05, 3.63) is 163 Å². The van der Waals surface area contributed by atoms with Gasteiger partial charge in [-0.25, -0.2) is 38.6 Å². The van der Waals surface area contributed by atoms with Crippen molar-refractivity contribution in [3.63, 3.8) is 0 Å². The van der Waals surface area contributed by atoms with Crippen molar-refractivity contribution < 1.29 is 67.6 Å². The fourth-order valence-corrected chi connectivity index (χ4v) is 8.56. The number of benzene rings is 4. The topological polar surface area (TPSA) is 446 Å². The van der Waals surface area contributed by atoms with Crippen LogP contribution < -0.4 is 52.8 Å². The highest BCUT2D eigenvalue weighted by molar-refractivity contribution is 7.71. The number of carboxylic acid groups (broad SMARTS) is 2. The monoisotopic (exact) mass is 1150 g/mol. The number of hydrogen-bond donors (Lipinski definition) is 12. The molecule has 4 aromatic heterocycles. The lowest BCUT2D eigenvalue weighted by Crippen LogP contribution is -2.38. The van der Waals surface area contributed by atoms with Gasteiger partial charge >= 0.3 is 11.9 Å². The zero-order valence-electron chi connectivity index (χ0n) is 41.7. The third-order valence-corrected chi connectivity index (χ3v) is 12.6. The molecule has 4 aromatic carbocycles. The van der Waals surface area contributed by atoms with Crippen LogP contribution in [-0.4, -0.2) is 122 Å². The quantitative estimate of drug-likeness (QED) is 0.0608. The van der Waals surface area contributed by atoms with E-state index in [1.54, 1.807) is 36.4 Å². The summed E-state index contributed by atoms with van der Waals surface area (Å²) in [5.41, 5.74) is 13.0. The van der Waals surface area contributed by atoms with Crippen molar-refractivity contribution in [1.82, 2.24) is 60.4 Å². The van der Waals surface area contributed by atoms with Gasteiger partial charge in [0.25, 0.3) is 47.0 Å². The Bertz CT molecular complexity index is 4120. The van der Waals surface area contributed by atoms with E-state index in [0.717, 1.165) is 0 Å². The van der Waals surface area contributed by atoms with Crippen molar-refractivity contribution in [2.45, 2.75) is 25.2 Å². The summed E-state index contributed by atoms with van der Waals surface area (Å²) in [5, 5.41) is 46.9. The van der Waals surface area contributed by atoms with E-state index in [1.807, 2.05) is 0 Å². The normalized spacial score (nSPS) is 12.9. The molecule has 2 atom stereocenters. The van der Waals surface area contributed by atoms with E-state index in [1.165, 1.54) is 69.5 Å². The van der Waals surface area contributed by atoms with Gasteiger partial charge in [-0.05, 0) is 107 Å². The van der Waals surface area contributed by atoms with E-state index in [-0.39, 0.29) is 104 Å². The molecule has 6 heterocycles. The predicted molar refractivity (Wildman–Crippen MR) is 285 cm³/mol. The molecule has 2 aliphatic rings. The summed E-state index contributed by atoms with van der Waals surface area (Å²) in [6.07, 6.45) is 0. The van der Waals surface area contributed by atoms with E-state index >= 15 is 0 Å². The number of aromatic carboxylic acids is 2. The minimum Gasteiger partial charge on any atom is -0.482 e. The number of aromatic nitrogens is 8. The van der Waals surface area contributed by atoms with E-state index in [9.17, 15) is 47.9 Å². The summed E-state index contributed by atoms with van der Waals surface area (Å²) >= 11 is 10.4. The number of hydrogen-bond acceptors (Lipinski definition) is 18. The molecular weight excluding hydrogens is 1110 g/mol. The fraction of sp³-hybridized carbons (Fsp3) is 0.120. The summed E-state index contributed by atoms with van der Waals surface area (Å²) in [7, 11) is 0. The third kappa shape index (κ3) is 12.2. The molecule has 2 aliphatic heterocycles. The lowest BCUT2D eigenvalue weighted by molar-refractivity contribution is -0.120. The number of fused-ring (bicyclic) bond motifs is 4. The molecule has 0 fully saturated rings. The summed E-state index contributed by atoms with van der Waals surface area (Å²) in [6, 6.07) is 20.2. The van der Waals surface area contributed by atoms with Crippen LogP contribution in [0, 0.1) is 9.54 Å². The Labute approximate surface area is 467 Å². The van der Waals surface area contributed by atoms with Gasteiger partial charge in [0.05, 0.1) is 22.5 Å². The van der Waals surface area contributed by atoms with Crippen LogP contribution in [0.3, 0.4) is 0 Å². The number of ether oxygens (including phenoxy) is 2. The van der Waals surface area contributed by atoms with Gasteiger partial charge in [-0.1, -0.05) is 36.4 Å². The molecule has 14 N–H and O–H groups in total. The number of rotatable bonds is 16. The number of primary amides is 2. The molecule has 0 bridgehead atoms. The second-order valence-corrected chi connectivity index (χ2v) is 18.3. The first kappa shape index (κ1) is 55.5. The molecule has 0 spiro atoms. The largest absolute Gasteiger partial charge is 0.482 e. The van der Waals surface area contributed by atoms with Crippen LogP contribution in [0.2, 0.25) is 0 Å². The van der Waals surface area contributed by atoms with E-state index in [0.29, 0.717) is 34.0 Å². The first-order valence-electron chi connectivity index (χ1n) is 23.7. The molecule has 416 valence electrons. The number of aromatic amines is 2. The summed E-state index contributed by atoms with van der Waals surface area (Å²) in [5.74, 6) is -6.86. The molecule has 0 unspecified atom stereocenters. The summed E-state index contributed by atoms with van der Waals surface area (Å²) < 4.78 is 13.1. The number of anilines is 2. The number of nitrogens with zero attached hydrogens (tertiary/aromatic N) is 6. The Morgan fingerprint density at radius 3 is 1.39 bits per heavy atom. The van der Waals surface area contributed by atoms with Crippen LogP contribution in [-0.2, 0) is 32.3 Å². The van der Waals surface area contributed by atoms with Crippen LogP contribution >= 0.6 is 24.4 Å². The molecule has 0 radical (unpaired) electrons. The fourth-order valence-electron chi connectivity index (χ4n) is 8.11. The van der Waals surface area contributed by atoms with Crippen molar-refractivity contribution in [3.8, 4) is 11.5 Å². The predicted octanol–water partition coefficient (Wildman–Crippen LogP) is 1.40. The number of H-pyrrole nitrogens is 2. The molecule has 10 rings (SSSR count). The molecule has 0 aliphatic carbocycles. The second kappa shape index (κ2) is 23.4. The number of carboxylic acids is 2. The molecule has 30 nitrogen and oxygen atoms in total. The molecular formula is C50H40N16O14S2. The average Bonchev–Trinajstić information content (AvgIpc) is 4.19. The van der Waals surface area contributed by atoms with Crippen LogP contribution in [0.15, 0.2) is 97.1 Å². The molecule has 82 heavy (non-hydrogen) atoms. The average molecular weight is 1150 g/mol. The Morgan fingerprint density at radius 2 is 0.963 bits per heavy atom. The van der Waals surface area contributed by atoms with Crippen LogP contribution in [0.25, 0.3) is 11.6 Å². The number of nitrogens with one attached hydrogen (secondary N) is 8. The maximum Gasteiger partial charge on any atom is 0.335 e. The van der Waals surface area contributed by atoms with Crippen LogP contribution in [0.4, 0.5) is 11.4 Å². The summed E-state index contributed by atoms with van der Waals surface area (Å²) in [4.78, 5) is 131. The van der Waals surface area contributed by atoms with Gasteiger partial charge in [0.1, 0.15) is 46.4 Å². The van der Waals surface area contributed by atoms with E-state index in [4.69, 9.17) is 55.6 Å². The second-order valence-electron chi connectivity index (χ2n) is 17.6. The number of carbonyl (C=O) groups is 10. The Kier molecular flexibility index (Phi) is 15.8. The lowest BCUT2D eigenvalue weighted by atomic mass is 10.0. The first-order chi connectivity index (χ1) is 39.2. The lowest BCUT2D eigenvalue weighted by Gasteiger charge is -2.18. The Balaban J connectivity index is 0.000000198. The van der Waals surface area contributed by atoms with E-state index < -0.39 is 59.5 Å². The molecule has 8 amide bonds. The number of nitrogens with two attached hydrogens (primary N) is 2. The SMILES string of the molecule is NC(=O)[C@H](NC(=O)c1cc(C(=O)NCc2ccc3c(c2)NC(=O)CO3)n2c(=S)[nH]nc2n1)c1ccc(C(=O)O)cc1.NC(=O)[C@H](NC(=O)c1cc(C(=O)NCc2ccc3c(c2)NC(=O)CO3)nc2n[nH]c(=S)n12)c1ccc(C(=O)O)cc1. The molecule has 32 heteroatoms. The van der Waals surface area contributed by atoms with Gasteiger partial charge in [0, 0.05) is 13.1 Å². The van der Waals surface area contributed by atoms with Gasteiger partial charge < -0.3 is 63.1 Å². The summed E-state index contributed by atoms with van der Waals surface area (Å²) in [6.45, 7) is -0.0605. The van der Waals surface area contributed by atoms with Crippen LogP contribution in [0.1, 0.15) is 97.0 Å². The number of amides is 8. The maximum absolute atomic E-state index is 13.4. The van der Waals surface area contributed by atoms with Crippen LogP contribution in [0.5, 0.6) is 11.5 Å². The highest BCUT2D eigenvalue weighted by Gasteiger charge is 2.28. The van der Waals surface area contributed by atoms with Gasteiger partial charge in [-0.3, -0.25) is 38.4 Å². The van der Waals surface area contributed by atoms with Gasteiger partial charge in [0.15, 0.2) is 13.2 Å². The first-order valence-corrected chi connectivity index (χ1v) is 24.5. The standard InChI is InChI=1S/2C25H20N8O7S/c26-20(35)19(12-2-4-13(5-3-12)23(38)39)30-21(36)15-8-16(33-24(29-15)31-32-25(33)41)22(37)27-9-11-1-6-17-14(7-11)28-18(34)10-40-17;26-20(35)19(12-2-4-13(5-3-12)23(38)39)30-22(37)16-8-15(29-24-31-32-25(41)33(16)24)21(36)27-9-11-1-6-17-14(7-11)28-18(34)10-40-17/h1-8,19H,9-10H2,(H2,26,35)(H,27,37)(H,28,34)(H,30,36)(H,32,41)(H,38,39);1-8,19H,9-10H2,(H2,26,35)(H,27,36)(H,28,34)(H,30,37)(H,32,41)(H,38,39)/t2*19-/m11/s1. The van der Waals surface area contributed by atoms with Crippen molar-refractivity contribution >= 4 is 107 Å². The van der Waals surface area contributed by atoms with E-state index in [2.05, 4.69) is 62.3 Å². The molecule has 0 saturated heterocycles. The minimum atomic E-state index is -1.33. The highest BCUT2D eigenvalue weighted by atomic mass is 32.1. The smallest absolute Gasteiger partial charge is 0.335 e.